The summed E-state index contributed by atoms with van der Waals surface area (Å²) in [7, 11) is 0. The van der Waals surface area contributed by atoms with E-state index < -0.39 is 0 Å². The van der Waals surface area contributed by atoms with Crippen LogP contribution in [0.3, 0.4) is 0 Å². The van der Waals surface area contributed by atoms with Gasteiger partial charge in [0.1, 0.15) is 0 Å². The van der Waals surface area contributed by atoms with Gasteiger partial charge in [-0.15, -0.1) is 0 Å². The monoisotopic (exact) mass is 368 g/mol. The predicted octanol–water partition coefficient (Wildman–Crippen LogP) is 4.16. The number of para-hydroxylation sites is 1. The van der Waals surface area contributed by atoms with E-state index in [0.717, 1.165) is 23.0 Å². The highest BCUT2D eigenvalue weighted by Crippen LogP contribution is 2.21. The van der Waals surface area contributed by atoms with E-state index >= 15 is 0 Å². The van der Waals surface area contributed by atoms with Crippen LogP contribution in [0.4, 0.5) is 0 Å². The third kappa shape index (κ3) is 3.83. The van der Waals surface area contributed by atoms with E-state index in [4.69, 9.17) is 0 Å². The second-order valence-electron chi connectivity index (χ2n) is 6.65. The Morgan fingerprint density at radius 1 is 1.07 bits per heavy atom. The molecule has 0 aliphatic rings. The second-order valence-corrected chi connectivity index (χ2v) is 6.65. The quantitative estimate of drug-likeness (QED) is 0.425. The van der Waals surface area contributed by atoms with Crippen LogP contribution in [0.5, 0.6) is 0 Å². The molecule has 28 heavy (non-hydrogen) atoms. The Morgan fingerprint density at radius 3 is 2.61 bits per heavy atom. The summed E-state index contributed by atoms with van der Waals surface area (Å²) in [6, 6.07) is 20.0. The highest BCUT2D eigenvalue weighted by atomic mass is 16.2. The van der Waals surface area contributed by atoms with E-state index in [1.54, 1.807) is 30.7 Å². The van der Waals surface area contributed by atoms with E-state index in [1.165, 1.54) is 11.1 Å². The lowest BCUT2D eigenvalue weighted by atomic mass is 10.1. The predicted molar refractivity (Wildman–Crippen MR) is 112 cm³/mol. The summed E-state index contributed by atoms with van der Waals surface area (Å²) in [5.41, 5.74) is 7.66. The van der Waals surface area contributed by atoms with Crippen molar-refractivity contribution in [2.45, 2.75) is 13.5 Å². The summed E-state index contributed by atoms with van der Waals surface area (Å²) in [6.45, 7) is 2.86. The molecular formula is C23H20N4O. The number of carbonyl (C=O) groups excluding carboxylic acids is 1. The summed E-state index contributed by atoms with van der Waals surface area (Å²) in [5, 5.41) is 5.24. The summed E-state index contributed by atoms with van der Waals surface area (Å²) >= 11 is 0. The van der Waals surface area contributed by atoms with Crippen LogP contribution in [-0.2, 0) is 6.54 Å². The first-order valence-electron chi connectivity index (χ1n) is 9.07. The van der Waals surface area contributed by atoms with Crippen molar-refractivity contribution in [3.63, 3.8) is 0 Å². The van der Waals surface area contributed by atoms with Crippen molar-refractivity contribution >= 4 is 23.0 Å². The molecule has 0 saturated carbocycles. The Bertz CT molecular complexity index is 1130. The lowest BCUT2D eigenvalue weighted by Gasteiger charge is -2.06. The highest BCUT2D eigenvalue weighted by molar-refractivity contribution is 6.00. The number of hydrogen-bond acceptors (Lipinski definition) is 3. The van der Waals surface area contributed by atoms with Gasteiger partial charge in [0.15, 0.2) is 0 Å². The van der Waals surface area contributed by atoms with Crippen molar-refractivity contribution in [2.75, 3.05) is 0 Å². The summed E-state index contributed by atoms with van der Waals surface area (Å²) < 4.78 is 2.20. The molecule has 2 aromatic carbocycles. The van der Waals surface area contributed by atoms with Gasteiger partial charge in [-0.1, -0.05) is 48.0 Å². The molecule has 4 rings (SSSR count). The Morgan fingerprint density at radius 2 is 1.82 bits per heavy atom. The smallest absolute Gasteiger partial charge is 0.271 e. The van der Waals surface area contributed by atoms with E-state index in [-0.39, 0.29) is 5.91 Å². The van der Waals surface area contributed by atoms with Crippen molar-refractivity contribution in [3.05, 3.63) is 102 Å². The molecule has 138 valence electrons. The van der Waals surface area contributed by atoms with Crippen molar-refractivity contribution in [1.29, 1.82) is 0 Å². The van der Waals surface area contributed by atoms with E-state index in [1.807, 2.05) is 12.1 Å². The molecule has 5 heteroatoms. The molecule has 1 N–H and O–H groups in total. The van der Waals surface area contributed by atoms with Gasteiger partial charge in [-0.25, -0.2) is 5.43 Å². The van der Waals surface area contributed by atoms with E-state index in [9.17, 15) is 4.79 Å². The number of hydrogen-bond donors (Lipinski definition) is 1. The van der Waals surface area contributed by atoms with Crippen molar-refractivity contribution in [1.82, 2.24) is 15.0 Å². The highest BCUT2D eigenvalue weighted by Gasteiger charge is 2.08. The number of nitrogens with zero attached hydrogens (tertiary/aromatic N) is 3. The van der Waals surface area contributed by atoms with Gasteiger partial charge in [0.05, 0.1) is 6.21 Å². The number of hydrazone groups is 1. The zero-order valence-corrected chi connectivity index (χ0v) is 15.5. The maximum absolute atomic E-state index is 12.1. The fourth-order valence-electron chi connectivity index (χ4n) is 3.13. The third-order valence-electron chi connectivity index (χ3n) is 4.61. The molecule has 2 heterocycles. The van der Waals surface area contributed by atoms with Gasteiger partial charge in [-0.2, -0.15) is 5.10 Å². The fraction of sp³-hybridized carbons (Fsp3) is 0.0870. The topological polar surface area (TPSA) is 59.3 Å². The van der Waals surface area contributed by atoms with Gasteiger partial charge in [-0.05, 0) is 30.7 Å². The number of pyridine rings is 1. The number of carbonyl (C=O) groups is 1. The number of fused-ring (bicyclic) bond motifs is 1. The molecule has 5 nitrogen and oxygen atoms in total. The zero-order chi connectivity index (χ0) is 19.3. The molecule has 0 saturated heterocycles. The Hall–Kier alpha value is -3.73. The maximum Gasteiger partial charge on any atom is 0.271 e. The zero-order valence-electron chi connectivity index (χ0n) is 15.5. The van der Waals surface area contributed by atoms with Gasteiger partial charge >= 0.3 is 0 Å². The van der Waals surface area contributed by atoms with Crippen molar-refractivity contribution < 1.29 is 4.79 Å². The largest absolute Gasteiger partial charge is 0.342 e. The van der Waals surface area contributed by atoms with Crippen LogP contribution in [0.1, 0.15) is 27.0 Å². The maximum atomic E-state index is 12.1. The van der Waals surface area contributed by atoms with Crippen molar-refractivity contribution in [3.8, 4) is 0 Å². The van der Waals surface area contributed by atoms with Gasteiger partial charge in [0, 0.05) is 47.2 Å². The molecule has 4 aromatic rings. The van der Waals surface area contributed by atoms with Gasteiger partial charge in [0.25, 0.3) is 5.91 Å². The number of aryl methyl sites for hydroxylation is 1. The van der Waals surface area contributed by atoms with E-state index in [2.05, 4.69) is 69.6 Å². The molecule has 0 aliphatic carbocycles. The molecule has 0 aliphatic heterocycles. The van der Waals surface area contributed by atoms with Gasteiger partial charge in [-0.3, -0.25) is 9.78 Å². The first-order chi connectivity index (χ1) is 13.7. The Labute approximate surface area is 163 Å². The van der Waals surface area contributed by atoms with Crippen molar-refractivity contribution in [2.24, 2.45) is 5.10 Å². The molecule has 1 amide bonds. The number of aromatic nitrogens is 2. The molecule has 0 unspecified atom stereocenters. The third-order valence-corrected chi connectivity index (χ3v) is 4.61. The Kier molecular flexibility index (Phi) is 4.97. The Balaban J connectivity index is 1.57. The van der Waals surface area contributed by atoms with Crippen LogP contribution in [0.15, 0.2) is 84.4 Å². The molecule has 0 spiro atoms. The molecule has 0 atom stereocenters. The van der Waals surface area contributed by atoms with Crippen LogP contribution in [-0.4, -0.2) is 21.7 Å². The lowest BCUT2D eigenvalue weighted by Crippen LogP contribution is -2.17. The lowest BCUT2D eigenvalue weighted by molar-refractivity contribution is 0.0955. The minimum absolute atomic E-state index is 0.262. The molecular weight excluding hydrogens is 348 g/mol. The van der Waals surface area contributed by atoms with E-state index in [0.29, 0.717) is 5.56 Å². The molecule has 2 aromatic heterocycles. The summed E-state index contributed by atoms with van der Waals surface area (Å²) in [4.78, 5) is 16.0. The average molecular weight is 368 g/mol. The van der Waals surface area contributed by atoms with Crippen LogP contribution >= 0.6 is 0 Å². The molecule has 0 fully saturated rings. The number of rotatable bonds is 5. The normalized spacial score (nSPS) is 11.2. The number of nitrogens with one attached hydrogen (secondary N) is 1. The second kappa shape index (κ2) is 7.88. The minimum atomic E-state index is -0.262. The van der Waals surface area contributed by atoms with Crippen LogP contribution < -0.4 is 5.43 Å². The van der Waals surface area contributed by atoms with Crippen LogP contribution in [0.2, 0.25) is 0 Å². The average Bonchev–Trinajstić information content (AvgIpc) is 3.08. The van der Waals surface area contributed by atoms with Gasteiger partial charge in [0.2, 0.25) is 0 Å². The standard InChI is InChI=1S/C23H20N4O/c1-17-6-8-18(9-7-17)15-27-16-20(21-4-2-3-5-22(21)27)14-25-26-23(28)19-10-12-24-13-11-19/h2-14,16H,15H2,1H3,(H,26,28)/b25-14-. The van der Waals surface area contributed by atoms with Gasteiger partial charge < -0.3 is 4.57 Å². The molecule has 0 bridgehead atoms. The molecule has 0 radical (unpaired) electrons. The fourth-order valence-corrected chi connectivity index (χ4v) is 3.13. The number of amides is 1. The first kappa shape index (κ1) is 17.7. The summed E-state index contributed by atoms with van der Waals surface area (Å²) in [5.74, 6) is -0.262. The number of benzene rings is 2. The first-order valence-corrected chi connectivity index (χ1v) is 9.07. The minimum Gasteiger partial charge on any atom is -0.342 e. The SMILES string of the molecule is Cc1ccc(Cn2cc(/C=N\NC(=O)c3ccncc3)c3ccccc32)cc1. The van der Waals surface area contributed by atoms with Crippen LogP contribution in [0, 0.1) is 6.92 Å². The van der Waals surface area contributed by atoms with Crippen LogP contribution in [0.25, 0.3) is 10.9 Å². The summed E-state index contributed by atoms with van der Waals surface area (Å²) in [6.07, 6.45) is 6.91.